The number of sulfonamides is 1. The van der Waals surface area contributed by atoms with Crippen molar-refractivity contribution in [2.75, 3.05) is 13.6 Å². The van der Waals surface area contributed by atoms with Gasteiger partial charge in [0.15, 0.2) is 0 Å². The molecular weight excluding hydrogens is 292 g/mol. The number of thiocarbonyl (C=S) groups is 1. The molecule has 0 aliphatic heterocycles. The van der Waals surface area contributed by atoms with Crippen molar-refractivity contribution in [3.05, 3.63) is 29.3 Å². The minimum atomic E-state index is -3.50. The standard InChI is InChI=1S/C14H22N2O2S2/c1-10(2)7-8-16(4)20(17,18)13-9-12(14(15)19)6-5-11(13)3/h5-6,9-10H,7-8H2,1-4H3,(H2,15,19). The van der Waals surface area contributed by atoms with Crippen molar-refractivity contribution in [3.8, 4) is 0 Å². The second kappa shape index (κ2) is 6.65. The third-order valence-electron chi connectivity index (χ3n) is 3.18. The highest BCUT2D eigenvalue weighted by atomic mass is 32.2. The molecule has 1 aromatic carbocycles. The van der Waals surface area contributed by atoms with Crippen LogP contribution >= 0.6 is 12.2 Å². The third-order valence-corrected chi connectivity index (χ3v) is 5.42. The van der Waals surface area contributed by atoms with E-state index < -0.39 is 10.0 Å². The van der Waals surface area contributed by atoms with E-state index in [-0.39, 0.29) is 9.88 Å². The molecule has 0 aromatic heterocycles. The highest BCUT2D eigenvalue weighted by molar-refractivity contribution is 7.89. The molecule has 1 aromatic rings. The lowest BCUT2D eigenvalue weighted by Gasteiger charge is -2.20. The lowest BCUT2D eigenvalue weighted by atomic mass is 10.1. The Kier molecular flexibility index (Phi) is 5.68. The number of nitrogens with zero attached hydrogens (tertiary/aromatic N) is 1. The van der Waals surface area contributed by atoms with Crippen molar-refractivity contribution in [3.63, 3.8) is 0 Å². The summed E-state index contributed by atoms with van der Waals surface area (Å²) in [5.74, 6) is 0.455. The fraction of sp³-hybridized carbons (Fsp3) is 0.500. The summed E-state index contributed by atoms with van der Waals surface area (Å²) in [4.78, 5) is 0.473. The minimum Gasteiger partial charge on any atom is -0.389 e. The van der Waals surface area contributed by atoms with Gasteiger partial charge in [0.25, 0.3) is 0 Å². The van der Waals surface area contributed by atoms with Crippen LogP contribution in [0.1, 0.15) is 31.4 Å². The van der Waals surface area contributed by atoms with Gasteiger partial charge in [0.05, 0.1) is 4.90 Å². The van der Waals surface area contributed by atoms with Gasteiger partial charge in [0.2, 0.25) is 10.0 Å². The van der Waals surface area contributed by atoms with Crippen molar-refractivity contribution < 1.29 is 8.42 Å². The van der Waals surface area contributed by atoms with Gasteiger partial charge in [-0.1, -0.05) is 38.2 Å². The first kappa shape index (κ1) is 17.1. The van der Waals surface area contributed by atoms with E-state index in [1.54, 1.807) is 32.2 Å². The Morgan fingerprint density at radius 2 is 2.00 bits per heavy atom. The molecular formula is C14H22N2O2S2. The van der Waals surface area contributed by atoms with Gasteiger partial charge >= 0.3 is 0 Å². The average molecular weight is 314 g/mol. The molecule has 0 saturated carbocycles. The molecule has 1 rings (SSSR count). The molecule has 0 atom stereocenters. The Labute approximate surface area is 127 Å². The molecule has 0 aliphatic carbocycles. The Morgan fingerprint density at radius 3 is 2.50 bits per heavy atom. The fourth-order valence-corrected chi connectivity index (χ4v) is 3.32. The van der Waals surface area contributed by atoms with Gasteiger partial charge in [-0.3, -0.25) is 0 Å². The zero-order chi connectivity index (χ0) is 15.5. The van der Waals surface area contributed by atoms with E-state index in [4.69, 9.17) is 18.0 Å². The number of rotatable bonds is 6. The largest absolute Gasteiger partial charge is 0.389 e. The first-order chi connectivity index (χ1) is 9.16. The molecule has 2 N–H and O–H groups in total. The van der Waals surface area contributed by atoms with Crippen LogP contribution < -0.4 is 5.73 Å². The van der Waals surface area contributed by atoms with Gasteiger partial charge in [0.1, 0.15) is 4.99 Å². The Bertz CT molecular complexity index is 595. The monoisotopic (exact) mass is 314 g/mol. The normalized spacial score (nSPS) is 12.1. The molecule has 20 heavy (non-hydrogen) atoms. The van der Waals surface area contributed by atoms with Crippen molar-refractivity contribution in [1.29, 1.82) is 0 Å². The van der Waals surface area contributed by atoms with Crippen molar-refractivity contribution in [1.82, 2.24) is 4.31 Å². The number of hydrogen-bond donors (Lipinski definition) is 1. The maximum absolute atomic E-state index is 12.6. The van der Waals surface area contributed by atoms with E-state index in [9.17, 15) is 8.42 Å². The molecule has 0 heterocycles. The van der Waals surface area contributed by atoms with Crippen LogP contribution in [0.25, 0.3) is 0 Å². The smallest absolute Gasteiger partial charge is 0.243 e. The maximum atomic E-state index is 12.6. The van der Waals surface area contributed by atoms with Crippen molar-refractivity contribution >= 4 is 27.2 Å². The van der Waals surface area contributed by atoms with Crippen LogP contribution in [0.5, 0.6) is 0 Å². The Hall–Kier alpha value is -0.980. The lowest BCUT2D eigenvalue weighted by Crippen LogP contribution is -2.29. The first-order valence-corrected chi connectivity index (χ1v) is 8.38. The molecule has 112 valence electrons. The molecule has 4 nitrogen and oxygen atoms in total. The maximum Gasteiger partial charge on any atom is 0.243 e. The molecule has 0 amide bonds. The van der Waals surface area contributed by atoms with E-state index in [1.165, 1.54) is 4.31 Å². The molecule has 0 spiro atoms. The van der Waals surface area contributed by atoms with E-state index in [0.717, 1.165) is 6.42 Å². The summed E-state index contributed by atoms with van der Waals surface area (Å²) in [6, 6.07) is 5.03. The SMILES string of the molecule is Cc1ccc(C(N)=S)cc1S(=O)(=O)N(C)CCC(C)C. The number of hydrogen-bond acceptors (Lipinski definition) is 3. The van der Waals surface area contributed by atoms with Crippen molar-refractivity contribution in [2.24, 2.45) is 11.7 Å². The Morgan fingerprint density at radius 1 is 1.40 bits per heavy atom. The summed E-state index contributed by atoms with van der Waals surface area (Å²) in [5, 5.41) is 0. The zero-order valence-electron chi connectivity index (χ0n) is 12.4. The van der Waals surface area contributed by atoms with Crippen LogP contribution in [0.2, 0.25) is 0 Å². The van der Waals surface area contributed by atoms with Gasteiger partial charge in [-0.15, -0.1) is 0 Å². The van der Waals surface area contributed by atoms with E-state index in [0.29, 0.717) is 23.6 Å². The van der Waals surface area contributed by atoms with E-state index in [1.807, 2.05) is 0 Å². The molecule has 0 saturated heterocycles. The summed E-state index contributed by atoms with van der Waals surface area (Å²) < 4.78 is 26.6. The summed E-state index contributed by atoms with van der Waals surface area (Å²) in [6.45, 7) is 6.40. The van der Waals surface area contributed by atoms with Gasteiger partial charge in [-0.05, 0) is 30.9 Å². The fourth-order valence-electron chi connectivity index (χ4n) is 1.76. The first-order valence-electron chi connectivity index (χ1n) is 6.53. The lowest BCUT2D eigenvalue weighted by molar-refractivity contribution is 0.428. The van der Waals surface area contributed by atoms with Gasteiger partial charge in [-0.25, -0.2) is 12.7 Å². The summed E-state index contributed by atoms with van der Waals surface area (Å²) in [5.41, 5.74) is 6.84. The van der Waals surface area contributed by atoms with E-state index >= 15 is 0 Å². The molecule has 0 unspecified atom stereocenters. The molecule has 0 fully saturated rings. The zero-order valence-corrected chi connectivity index (χ0v) is 14.0. The number of benzene rings is 1. The second-order valence-corrected chi connectivity index (χ2v) is 7.81. The summed E-state index contributed by atoms with van der Waals surface area (Å²) in [7, 11) is -1.90. The minimum absolute atomic E-state index is 0.200. The number of aryl methyl sites for hydroxylation is 1. The molecule has 0 bridgehead atoms. The van der Waals surface area contributed by atoms with Crippen LogP contribution in [-0.2, 0) is 10.0 Å². The number of nitrogens with two attached hydrogens (primary N) is 1. The van der Waals surface area contributed by atoms with Crippen LogP contribution in [0.15, 0.2) is 23.1 Å². The molecule has 6 heteroatoms. The summed E-state index contributed by atoms with van der Waals surface area (Å²) in [6.07, 6.45) is 0.823. The topological polar surface area (TPSA) is 63.4 Å². The van der Waals surface area contributed by atoms with Crippen LogP contribution in [0.3, 0.4) is 0 Å². The predicted molar refractivity (Wildman–Crippen MR) is 86.3 cm³/mol. The van der Waals surface area contributed by atoms with Gasteiger partial charge < -0.3 is 5.73 Å². The van der Waals surface area contributed by atoms with Gasteiger partial charge in [-0.2, -0.15) is 0 Å². The average Bonchev–Trinajstić information content (AvgIpc) is 2.35. The highest BCUT2D eigenvalue weighted by Crippen LogP contribution is 2.21. The molecule has 0 radical (unpaired) electrons. The molecule has 0 aliphatic rings. The van der Waals surface area contributed by atoms with E-state index in [2.05, 4.69) is 13.8 Å². The Balaban J connectivity index is 3.14. The second-order valence-electron chi connectivity index (χ2n) is 5.35. The predicted octanol–water partition coefficient (Wildman–Crippen LogP) is 2.30. The van der Waals surface area contributed by atoms with Gasteiger partial charge in [0, 0.05) is 19.2 Å². The van der Waals surface area contributed by atoms with Crippen LogP contribution in [-0.4, -0.2) is 31.3 Å². The summed E-state index contributed by atoms with van der Waals surface area (Å²) >= 11 is 4.91. The quantitative estimate of drug-likeness (QED) is 0.818. The highest BCUT2D eigenvalue weighted by Gasteiger charge is 2.23. The van der Waals surface area contributed by atoms with Crippen LogP contribution in [0.4, 0.5) is 0 Å². The van der Waals surface area contributed by atoms with Crippen LogP contribution in [0, 0.1) is 12.8 Å². The third kappa shape index (κ3) is 4.01. The van der Waals surface area contributed by atoms with Crippen molar-refractivity contribution in [2.45, 2.75) is 32.1 Å².